The van der Waals surface area contributed by atoms with Gasteiger partial charge in [0, 0.05) is 32.3 Å². The topological polar surface area (TPSA) is 56.6 Å². The molecule has 1 aliphatic heterocycles. The fourth-order valence-corrected chi connectivity index (χ4v) is 3.13. The summed E-state index contributed by atoms with van der Waals surface area (Å²) in [7, 11) is 3.66. The first kappa shape index (κ1) is 16.5. The summed E-state index contributed by atoms with van der Waals surface area (Å²) < 4.78 is 13.0. The van der Waals surface area contributed by atoms with Crippen molar-refractivity contribution in [2.24, 2.45) is 7.05 Å². The van der Waals surface area contributed by atoms with E-state index in [0.29, 0.717) is 25.4 Å². The third-order valence-corrected chi connectivity index (χ3v) is 4.33. The Morgan fingerprint density at radius 1 is 1.33 bits per heavy atom. The van der Waals surface area contributed by atoms with Crippen molar-refractivity contribution in [3.63, 3.8) is 0 Å². The number of aryl methyl sites for hydroxylation is 2. The minimum atomic E-state index is -0.0343. The van der Waals surface area contributed by atoms with Crippen LogP contribution in [0, 0.1) is 6.92 Å². The van der Waals surface area contributed by atoms with E-state index in [2.05, 4.69) is 4.98 Å². The number of hydrogen-bond acceptors (Lipinski definition) is 4. The summed E-state index contributed by atoms with van der Waals surface area (Å²) in [6, 6.07) is 7.69. The lowest BCUT2D eigenvalue weighted by molar-refractivity contribution is -0.135. The van der Waals surface area contributed by atoms with Crippen molar-refractivity contribution in [2.75, 3.05) is 26.9 Å². The van der Waals surface area contributed by atoms with Crippen LogP contribution in [0.5, 0.6) is 5.75 Å². The summed E-state index contributed by atoms with van der Waals surface area (Å²) in [6.07, 6.45) is 1.80. The lowest BCUT2D eigenvalue weighted by atomic mass is 9.99. The van der Waals surface area contributed by atoms with Crippen LogP contribution in [0.3, 0.4) is 0 Å². The van der Waals surface area contributed by atoms with Gasteiger partial charge in [-0.25, -0.2) is 4.98 Å². The monoisotopic (exact) mass is 329 g/mol. The van der Waals surface area contributed by atoms with Gasteiger partial charge in [0.25, 0.3) is 5.91 Å². The number of hydrogen-bond donors (Lipinski definition) is 0. The first-order chi connectivity index (χ1) is 11.6. The molecule has 6 nitrogen and oxygen atoms in total. The van der Waals surface area contributed by atoms with Gasteiger partial charge in [0.15, 0.2) is 6.61 Å². The molecular formula is C18H23N3O3. The van der Waals surface area contributed by atoms with Gasteiger partial charge in [-0.15, -0.1) is 0 Å². The van der Waals surface area contributed by atoms with Crippen LogP contribution < -0.4 is 4.74 Å². The Labute approximate surface area is 142 Å². The highest BCUT2D eigenvalue weighted by molar-refractivity contribution is 5.78. The van der Waals surface area contributed by atoms with Crippen molar-refractivity contribution in [1.82, 2.24) is 14.5 Å². The maximum absolute atomic E-state index is 12.5. The molecule has 24 heavy (non-hydrogen) atoms. The largest absolute Gasteiger partial charge is 0.484 e. The summed E-state index contributed by atoms with van der Waals surface area (Å²) in [4.78, 5) is 18.8. The lowest BCUT2D eigenvalue weighted by Crippen LogP contribution is -2.42. The van der Waals surface area contributed by atoms with E-state index in [1.807, 2.05) is 42.8 Å². The second kappa shape index (κ2) is 7.05. The van der Waals surface area contributed by atoms with E-state index in [1.165, 1.54) is 0 Å². The minimum absolute atomic E-state index is 0.0327. The van der Waals surface area contributed by atoms with Gasteiger partial charge >= 0.3 is 0 Å². The van der Waals surface area contributed by atoms with E-state index in [1.54, 1.807) is 18.3 Å². The molecule has 0 spiro atoms. The quantitative estimate of drug-likeness (QED) is 0.840. The van der Waals surface area contributed by atoms with Crippen molar-refractivity contribution in [1.29, 1.82) is 0 Å². The van der Waals surface area contributed by atoms with Gasteiger partial charge in [0.1, 0.15) is 5.75 Å². The summed E-state index contributed by atoms with van der Waals surface area (Å²) in [6.45, 7) is 3.76. The molecule has 3 rings (SSSR count). The molecule has 1 amide bonds. The number of ether oxygens (including phenoxy) is 2. The Balaban J connectivity index is 1.66. The van der Waals surface area contributed by atoms with E-state index < -0.39 is 0 Å². The van der Waals surface area contributed by atoms with Gasteiger partial charge in [-0.1, -0.05) is 17.7 Å². The normalized spacial score (nSPS) is 16.8. The fourth-order valence-electron chi connectivity index (χ4n) is 3.13. The van der Waals surface area contributed by atoms with Crippen LogP contribution in [0.15, 0.2) is 30.6 Å². The number of rotatable bonds is 5. The Morgan fingerprint density at radius 3 is 2.79 bits per heavy atom. The smallest absolute Gasteiger partial charge is 0.260 e. The molecule has 0 fully saturated rings. The number of benzene rings is 1. The van der Waals surface area contributed by atoms with Gasteiger partial charge in [-0.2, -0.15) is 0 Å². The number of carbonyl (C=O) groups excluding carboxylic acids is 1. The number of carbonyl (C=O) groups is 1. The van der Waals surface area contributed by atoms with Crippen LogP contribution in [-0.2, 0) is 23.1 Å². The summed E-state index contributed by atoms with van der Waals surface area (Å²) >= 11 is 0. The molecule has 0 saturated heterocycles. The Kier molecular flexibility index (Phi) is 4.85. The molecule has 0 unspecified atom stereocenters. The van der Waals surface area contributed by atoms with E-state index in [9.17, 15) is 4.79 Å². The summed E-state index contributed by atoms with van der Waals surface area (Å²) in [5.74, 6) is 0.806. The zero-order chi connectivity index (χ0) is 17.1. The van der Waals surface area contributed by atoms with Crippen molar-refractivity contribution < 1.29 is 14.3 Å². The highest BCUT2D eigenvalue weighted by Crippen LogP contribution is 2.27. The van der Waals surface area contributed by atoms with Crippen LogP contribution in [-0.4, -0.2) is 47.2 Å². The van der Waals surface area contributed by atoms with Crippen molar-refractivity contribution in [2.45, 2.75) is 19.4 Å². The van der Waals surface area contributed by atoms with Crippen molar-refractivity contribution in [3.8, 4) is 5.75 Å². The second-order valence-electron chi connectivity index (χ2n) is 6.22. The van der Waals surface area contributed by atoms with E-state index >= 15 is 0 Å². The van der Waals surface area contributed by atoms with Crippen LogP contribution in [0.25, 0.3) is 0 Å². The first-order valence-corrected chi connectivity index (χ1v) is 8.04. The molecule has 2 heterocycles. The maximum Gasteiger partial charge on any atom is 0.260 e. The zero-order valence-electron chi connectivity index (χ0n) is 14.4. The molecule has 0 aliphatic carbocycles. The van der Waals surface area contributed by atoms with Crippen molar-refractivity contribution >= 4 is 5.91 Å². The van der Waals surface area contributed by atoms with Crippen LogP contribution in [0.4, 0.5) is 0 Å². The average molecular weight is 329 g/mol. The van der Waals surface area contributed by atoms with E-state index in [-0.39, 0.29) is 18.4 Å². The Bertz CT molecular complexity index is 709. The van der Waals surface area contributed by atoms with Gasteiger partial charge in [0.2, 0.25) is 0 Å². The molecule has 0 radical (unpaired) electrons. The van der Waals surface area contributed by atoms with Crippen LogP contribution in [0.1, 0.15) is 22.9 Å². The molecule has 1 aliphatic rings. The second-order valence-corrected chi connectivity index (χ2v) is 6.22. The molecule has 0 saturated carbocycles. The molecular weight excluding hydrogens is 306 g/mol. The number of nitrogens with zero attached hydrogens (tertiary/aromatic N) is 3. The molecule has 6 heteroatoms. The fraction of sp³-hybridized carbons (Fsp3) is 0.444. The van der Waals surface area contributed by atoms with Crippen LogP contribution in [0.2, 0.25) is 0 Å². The third-order valence-electron chi connectivity index (χ3n) is 4.33. The number of fused-ring (bicyclic) bond motifs is 1. The van der Waals surface area contributed by atoms with Crippen LogP contribution >= 0.6 is 0 Å². The van der Waals surface area contributed by atoms with E-state index in [4.69, 9.17) is 9.47 Å². The number of amides is 1. The molecule has 1 atom stereocenters. The van der Waals surface area contributed by atoms with Gasteiger partial charge in [0.05, 0.1) is 25.2 Å². The highest BCUT2D eigenvalue weighted by atomic mass is 16.5. The van der Waals surface area contributed by atoms with Gasteiger partial charge in [-0.3, -0.25) is 4.79 Å². The van der Waals surface area contributed by atoms with Crippen molar-refractivity contribution in [3.05, 3.63) is 47.5 Å². The predicted molar refractivity (Wildman–Crippen MR) is 89.9 cm³/mol. The minimum Gasteiger partial charge on any atom is -0.484 e. The first-order valence-electron chi connectivity index (χ1n) is 8.04. The zero-order valence-corrected chi connectivity index (χ0v) is 14.4. The number of imidazole rings is 1. The Morgan fingerprint density at radius 2 is 2.08 bits per heavy atom. The maximum atomic E-state index is 12.5. The molecule has 2 aromatic rings. The highest BCUT2D eigenvalue weighted by Gasteiger charge is 2.31. The lowest BCUT2D eigenvalue weighted by Gasteiger charge is -2.32. The molecule has 0 N–H and O–H groups in total. The predicted octanol–water partition coefficient (Wildman–Crippen LogP) is 1.88. The SMILES string of the molecule is COC[C@@H]1CN(C(=O)COc2ccc(C)cc2)Cc2ncn(C)c21. The molecule has 1 aromatic carbocycles. The average Bonchev–Trinajstić information content (AvgIpc) is 2.96. The number of methoxy groups -OCH3 is 1. The summed E-state index contributed by atoms with van der Waals surface area (Å²) in [5, 5.41) is 0. The molecule has 0 bridgehead atoms. The van der Waals surface area contributed by atoms with E-state index in [0.717, 1.165) is 17.0 Å². The molecule has 128 valence electrons. The number of aromatic nitrogens is 2. The third kappa shape index (κ3) is 3.43. The molecule has 1 aromatic heterocycles. The van der Waals surface area contributed by atoms with Gasteiger partial charge in [-0.05, 0) is 19.1 Å². The summed E-state index contributed by atoms with van der Waals surface area (Å²) in [5.41, 5.74) is 3.25. The van der Waals surface area contributed by atoms with Gasteiger partial charge < -0.3 is 18.9 Å². The standard InChI is InChI=1S/C18H23N3O3/c1-13-4-6-15(7-5-13)24-11-17(22)21-8-14(10-23-3)18-16(9-21)19-12-20(18)2/h4-7,12,14H,8-11H2,1-3H3/t14-/m0/s1. The Hall–Kier alpha value is -2.34.